The third kappa shape index (κ3) is 5.51. The van der Waals surface area contributed by atoms with Crippen LogP contribution in [0.4, 0.5) is 0 Å². The molecule has 2 rings (SSSR count). The van der Waals surface area contributed by atoms with E-state index in [4.69, 9.17) is 0 Å². The van der Waals surface area contributed by atoms with Crippen LogP contribution in [0.2, 0.25) is 0 Å². The summed E-state index contributed by atoms with van der Waals surface area (Å²) in [5.41, 5.74) is 0. The van der Waals surface area contributed by atoms with Gasteiger partial charge in [-0.2, -0.15) is 12.7 Å². The molecule has 0 radical (unpaired) electrons. The molecule has 1 atom stereocenters. The van der Waals surface area contributed by atoms with Gasteiger partial charge < -0.3 is 5.32 Å². The lowest BCUT2D eigenvalue weighted by atomic mass is 10.00. The number of nitrogens with one attached hydrogen (secondary N) is 2. The van der Waals surface area contributed by atoms with Crippen molar-refractivity contribution >= 4 is 10.2 Å². The van der Waals surface area contributed by atoms with Crippen LogP contribution < -0.4 is 10.0 Å². The minimum Gasteiger partial charge on any atom is -0.316 e. The van der Waals surface area contributed by atoms with Gasteiger partial charge in [-0.3, -0.25) is 0 Å². The van der Waals surface area contributed by atoms with Gasteiger partial charge in [-0.15, -0.1) is 0 Å². The molecule has 2 aliphatic rings. The first-order valence-electron chi connectivity index (χ1n) is 8.57. The summed E-state index contributed by atoms with van der Waals surface area (Å²) in [6.07, 6.45) is 8.08. The maximum absolute atomic E-state index is 12.4. The van der Waals surface area contributed by atoms with E-state index in [2.05, 4.69) is 17.0 Å². The number of nitrogens with zero attached hydrogens (tertiary/aromatic N) is 1. The highest BCUT2D eigenvalue weighted by atomic mass is 32.2. The maximum Gasteiger partial charge on any atom is 0.279 e. The van der Waals surface area contributed by atoms with Crippen LogP contribution in [-0.2, 0) is 10.2 Å². The summed E-state index contributed by atoms with van der Waals surface area (Å²) in [5, 5.41) is 3.41. The van der Waals surface area contributed by atoms with Gasteiger partial charge in [-0.25, -0.2) is 4.72 Å². The normalized spacial score (nSPS) is 25.5. The van der Waals surface area contributed by atoms with Crippen LogP contribution in [0.25, 0.3) is 0 Å². The zero-order valence-corrected chi connectivity index (χ0v) is 14.1. The number of rotatable bonds is 8. The summed E-state index contributed by atoms with van der Waals surface area (Å²) in [4.78, 5) is 0. The Kier molecular flexibility index (Phi) is 6.92. The second kappa shape index (κ2) is 8.46. The summed E-state index contributed by atoms with van der Waals surface area (Å²) < 4.78 is 29.3. The Bertz CT molecular complexity index is 394. The molecule has 0 spiro atoms. The van der Waals surface area contributed by atoms with E-state index in [0.717, 1.165) is 32.4 Å². The molecule has 1 saturated heterocycles. The van der Waals surface area contributed by atoms with E-state index < -0.39 is 10.2 Å². The maximum atomic E-state index is 12.4. The predicted octanol–water partition coefficient (Wildman–Crippen LogP) is 1.72. The first-order chi connectivity index (χ1) is 10.1. The van der Waals surface area contributed by atoms with Gasteiger partial charge in [0.25, 0.3) is 10.2 Å². The van der Waals surface area contributed by atoms with E-state index in [1.54, 1.807) is 4.31 Å². The third-order valence-corrected chi connectivity index (χ3v) is 6.25. The molecular formula is C15H31N3O2S. The van der Waals surface area contributed by atoms with E-state index >= 15 is 0 Å². The van der Waals surface area contributed by atoms with Gasteiger partial charge in [0.05, 0.1) is 0 Å². The van der Waals surface area contributed by atoms with Crippen molar-refractivity contribution in [2.45, 2.75) is 51.9 Å². The first kappa shape index (κ1) is 17.2. The molecule has 21 heavy (non-hydrogen) atoms. The third-order valence-electron chi connectivity index (χ3n) is 4.71. The van der Waals surface area contributed by atoms with Crippen molar-refractivity contribution in [1.29, 1.82) is 0 Å². The van der Waals surface area contributed by atoms with Crippen LogP contribution in [0.1, 0.15) is 51.9 Å². The van der Waals surface area contributed by atoms with Gasteiger partial charge in [0, 0.05) is 19.6 Å². The SMILES string of the molecule is CCCNCC1CCCN(S(=O)(=O)NCC2CCCC2)C1. The van der Waals surface area contributed by atoms with Crippen molar-refractivity contribution in [3.8, 4) is 0 Å². The van der Waals surface area contributed by atoms with E-state index in [9.17, 15) is 8.42 Å². The van der Waals surface area contributed by atoms with Crippen molar-refractivity contribution < 1.29 is 8.42 Å². The highest BCUT2D eigenvalue weighted by Crippen LogP contribution is 2.24. The molecule has 0 aromatic carbocycles. The van der Waals surface area contributed by atoms with Gasteiger partial charge >= 0.3 is 0 Å². The number of hydrogen-bond acceptors (Lipinski definition) is 3. The summed E-state index contributed by atoms with van der Waals surface area (Å²) in [7, 11) is -3.28. The second-order valence-corrected chi connectivity index (χ2v) is 8.33. The van der Waals surface area contributed by atoms with Crippen LogP contribution in [0, 0.1) is 11.8 Å². The fraction of sp³-hybridized carbons (Fsp3) is 1.00. The fourth-order valence-corrected chi connectivity index (χ4v) is 4.83. The van der Waals surface area contributed by atoms with Crippen LogP contribution in [0.3, 0.4) is 0 Å². The van der Waals surface area contributed by atoms with Crippen molar-refractivity contribution in [2.75, 3.05) is 32.7 Å². The molecule has 0 bridgehead atoms. The average molecular weight is 317 g/mol. The summed E-state index contributed by atoms with van der Waals surface area (Å²) in [6.45, 7) is 6.06. The summed E-state index contributed by atoms with van der Waals surface area (Å²) >= 11 is 0. The minimum atomic E-state index is -3.28. The molecule has 0 amide bonds. The molecule has 1 unspecified atom stereocenters. The van der Waals surface area contributed by atoms with E-state index in [-0.39, 0.29) is 0 Å². The lowest BCUT2D eigenvalue weighted by Gasteiger charge is -2.32. The van der Waals surface area contributed by atoms with Crippen LogP contribution >= 0.6 is 0 Å². The standard InChI is InChI=1S/C15H31N3O2S/c1-2-9-16-11-15-8-5-10-18(13-15)21(19,20)17-12-14-6-3-4-7-14/h14-17H,2-13H2,1H3. The molecule has 1 aliphatic heterocycles. The molecule has 0 aromatic heterocycles. The molecule has 6 heteroatoms. The monoisotopic (exact) mass is 317 g/mol. The quantitative estimate of drug-likeness (QED) is 0.670. The molecule has 2 fully saturated rings. The van der Waals surface area contributed by atoms with Crippen molar-refractivity contribution in [3.63, 3.8) is 0 Å². The molecule has 1 heterocycles. The average Bonchev–Trinajstić information content (AvgIpc) is 2.99. The van der Waals surface area contributed by atoms with E-state index in [1.807, 2.05) is 0 Å². The van der Waals surface area contributed by atoms with Crippen LogP contribution in [-0.4, -0.2) is 45.4 Å². The highest BCUT2D eigenvalue weighted by molar-refractivity contribution is 7.87. The molecule has 1 aliphatic carbocycles. The Morgan fingerprint density at radius 2 is 1.76 bits per heavy atom. The second-order valence-electron chi connectivity index (χ2n) is 6.57. The molecular weight excluding hydrogens is 286 g/mol. The van der Waals surface area contributed by atoms with Crippen molar-refractivity contribution in [3.05, 3.63) is 0 Å². The lowest BCUT2D eigenvalue weighted by Crippen LogP contribution is -2.48. The Balaban J connectivity index is 1.77. The molecule has 1 saturated carbocycles. The highest BCUT2D eigenvalue weighted by Gasteiger charge is 2.29. The van der Waals surface area contributed by atoms with Gasteiger partial charge in [0.2, 0.25) is 0 Å². The Morgan fingerprint density at radius 1 is 1.05 bits per heavy atom. The Morgan fingerprint density at radius 3 is 2.48 bits per heavy atom. The Labute approximate surface area is 130 Å². The molecule has 124 valence electrons. The zero-order valence-electron chi connectivity index (χ0n) is 13.3. The summed E-state index contributed by atoms with van der Waals surface area (Å²) in [6, 6.07) is 0. The van der Waals surface area contributed by atoms with Gasteiger partial charge in [-0.1, -0.05) is 19.8 Å². The molecule has 0 aromatic rings. The van der Waals surface area contributed by atoms with Gasteiger partial charge in [-0.05, 0) is 57.0 Å². The zero-order chi connectivity index (χ0) is 15.1. The van der Waals surface area contributed by atoms with Gasteiger partial charge in [0.15, 0.2) is 0 Å². The van der Waals surface area contributed by atoms with E-state index in [1.165, 1.54) is 25.7 Å². The lowest BCUT2D eigenvalue weighted by molar-refractivity contribution is 0.257. The summed E-state index contributed by atoms with van der Waals surface area (Å²) in [5.74, 6) is 1.000. The van der Waals surface area contributed by atoms with Crippen LogP contribution in [0.15, 0.2) is 0 Å². The van der Waals surface area contributed by atoms with Gasteiger partial charge in [0.1, 0.15) is 0 Å². The largest absolute Gasteiger partial charge is 0.316 e. The Hall–Kier alpha value is -0.170. The first-order valence-corrected chi connectivity index (χ1v) is 10.0. The minimum absolute atomic E-state index is 0.452. The van der Waals surface area contributed by atoms with Crippen molar-refractivity contribution in [2.24, 2.45) is 11.8 Å². The fourth-order valence-electron chi connectivity index (χ4n) is 3.42. The van der Waals surface area contributed by atoms with Crippen LogP contribution in [0.5, 0.6) is 0 Å². The molecule has 2 N–H and O–H groups in total. The number of hydrogen-bond donors (Lipinski definition) is 2. The van der Waals surface area contributed by atoms with E-state index in [0.29, 0.717) is 31.5 Å². The molecule has 5 nitrogen and oxygen atoms in total. The predicted molar refractivity (Wildman–Crippen MR) is 86.3 cm³/mol. The topological polar surface area (TPSA) is 61.4 Å². The van der Waals surface area contributed by atoms with Crippen molar-refractivity contribution in [1.82, 2.24) is 14.3 Å². The number of piperidine rings is 1. The smallest absolute Gasteiger partial charge is 0.279 e.